The Bertz CT molecular complexity index is 839. The Labute approximate surface area is 122 Å². The zero-order valence-corrected chi connectivity index (χ0v) is 12.1. The number of hydrogen-bond donors (Lipinski definition) is 1. The van der Waals surface area contributed by atoms with Crippen LogP contribution in [0.1, 0.15) is 11.1 Å². The minimum atomic E-state index is -0.449. The molecule has 0 saturated heterocycles. The number of halogens is 1. The van der Waals surface area contributed by atoms with Crippen molar-refractivity contribution in [2.75, 3.05) is 12.8 Å². The molecule has 0 aliphatic heterocycles. The molecule has 3 aromatic rings. The van der Waals surface area contributed by atoms with Crippen LogP contribution in [0.3, 0.4) is 0 Å². The Morgan fingerprint density at radius 1 is 1.24 bits per heavy atom. The highest BCUT2D eigenvalue weighted by molar-refractivity contribution is 5.83. The largest absolute Gasteiger partial charge is 0.494 e. The maximum Gasteiger partial charge on any atom is 0.205 e. The molecule has 4 nitrogen and oxygen atoms in total. The van der Waals surface area contributed by atoms with Crippen LogP contribution in [0.5, 0.6) is 5.75 Å². The number of rotatable bonds is 2. The van der Waals surface area contributed by atoms with Gasteiger partial charge >= 0.3 is 0 Å². The van der Waals surface area contributed by atoms with Crippen molar-refractivity contribution in [2.24, 2.45) is 0 Å². The Kier molecular flexibility index (Phi) is 3.05. The van der Waals surface area contributed by atoms with Crippen LogP contribution in [0.15, 0.2) is 30.3 Å². The lowest BCUT2D eigenvalue weighted by atomic mass is 10.1. The van der Waals surface area contributed by atoms with Gasteiger partial charge in [0.05, 0.1) is 23.8 Å². The number of nitrogens with zero attached hydrogens (tertiary/aromatic N) is 2. The summed E-state index contributed by atoms with van der Waals surface area (Å²) in [5, 5.41) is 0. The number of anilines is 1. The summed E-state index contributed by atoms with van der Waals surface area (Å²) in [4.78, 5) is 4.24. The van der Waals surface area contributed by atoms with E-state index in [0.717, 1.165) is 22.3 Å². The fourth-order valence-electron chi connectivity index (χ4n) is 2.49. The number of aryl methyl sites for hydroxylation is 1. The molecule has 5 heteroatoms. The number of nitrogen functional groups attached to an aromatic ring is 1. The van der Waals surface area contributed by atoms with Gasteiger partial charge in [0.15, 0.2) is 11.6 Å². The number of nitrogens with two attached hydrogens (primary N) is 1. The van der Waals surface area contributed by atoms with Crippen molar-refractivity contribution < 1.29 is 9.13 Å². The van der Waals surface area contributed by atoms with E-state index >= 15 is 0 Å². The maximum absolute atomic E-state index is 13.8. The van der Waals surface area contributed by atoms with Crippen molar-refractivity contribution in [2.45, 2.75) is 13.8 Å². The first kappa shape index (κ1) is 13.4. The zero-order valence-electron chi connectivity index (χ0n) is 12.1. The van der Waals surface area contributed by atoms with Crippen molar-refractivity contribution in [3.8, 4) is 11.4 Å². The van der Waals surface area contributed by atoms with Crippen LogP contribution in [0.25, 0.3) is 16.7 Å². The summed E-state index contributed by atoms with van der Waals surface area (Å²) in [6.07, 6.45) is 0. The van der Waals surface area contributed by atoms with Gasteiger partial charge in [-0.3, -0.25) is 4.57 Å². The first-order valence-electron chi connectivity index (χ1n) is 6.61. The number of fused-ring (bicyclic) bond motifs is 1. The quantitative estimate of drug-likeness (QED) is 0.785. The second-order valence-electron chi connectivity index (χ2n) is 5.00. The van der Waals surface area contributed by atoms with E-state index in [1.165, 1.54) is 13.2 Å². The molecule has 3 rings (SSSR count). The molecule has 0 aliphatic rings. The first-order chi connectivity index (χ1) is 10.0. The van der Waals surface area contributed by atoms with E-state index in [1.807, 2.05) is 36.6 Å². The fraction of sp³-hybridized carbons (Fsp3) is 0.188. The van der Waals surface area contributed by atoms with E-state index in [4.69, 9.17) is 10.5 Å². The molecule has 1 aromatic heterocycles. The molecule has 0 unspecified atom stereocenters. The minimum Gasteiger partial charge on any atom is -0.494 e. The third kappa shape index (κ3) is 2.01. The molecule has 0 spiro atoms. The number of imidazole rings is 1. The zero-order chi connectivity index (χ0) is 15.1. The number of ether oxygens (including phenoxy) is 1. The van der Waals surface area contributed by atoms with Crippen LogP contribution in [0, 0.1) is 19.7 Å². The maximum atomic E-state index is 13.8. The van der Waals surface area contributed by atoms with Gasteiger partial charge in [0.2, 0.25) is 5.95 Å². The Balaban J connectivity index is 2.36. The van der Waals surface area contributed by atoms with E-state index < -0.39 is 5.82 Å². The summed E-state index contributed by atoms with van der Waals surface area (Å²) in [6.45, 7) is 4.06. The van der Waals surface area contributed by atoms with E-state index in [9.17, 15) is 4.39 Å². The second kappa shape index (κ2) is 4.77. The molecule has 21 heavy (non-hydrogen) atoms. The monoisotopic (exact) mass is 285 g/mol. The standard InChI is InChI=1S/C16H16FN3O/c1-9-5-4-6-13(10(9)2)20-14-8-15(21-3)11(17)7-12(14)19-16(20)18/h4-8H,1-3H3,(H2,18,19). The number of hydrogen-bond acceptors (Lipinski definition) is 3. The summed E-state index contributed by atoms with van der Waals surface area (Å²) in [7, 11) is 1.44. The van der Waals surface area contributed by atoms with Crippen LogP contribution in [-0.2, 0) is 0 Å². The smallest absolute Gasteiger partial charge is 0.205 e. The number of aromatic nitrogens is 2. The van der Waals surface area contributed by atoms with Crippen LogP contribution >= 0.6 is 0 Å². The third-order valence-electron chi connectivity index (χ3n) is 3.77. The lowest BCUT2D eigenvalue weighted by Gasteiger charge is -2.12. The van der Waals surface area contributed by atoms with Crippen LogP contribution in [0.4, 0.5) is 10.3 Å². The Morgan fingerprint density at radius 2 is 2.00 bits per heavy atom. The number of benzene rings is 2. The van der Waals surface area contributed by atoms with Crippen molar-refractivity contribution >= 4 is 17.0 Å². The Hall–Kier alpha value is -2.56. The predicted molar refractivity (Wildman–Crippen MR) is 81.5 cm³/mol. The average molecular weight is 285 g/mol. The van der Waals surface area contributed by atoms with E-state index in [2.05, 4.69) is 4.98 Å². The van der Waals surface area contributed by atoms with Gasteiger partial charge in [-0.05, 0) is 31.0 Å². The highest BCUT2D eigenvalue weighted by atomic mass is 19.1. The molecule has 0 saturated carbocycles. The van der Waals surface area contributed by atoms with Crippen LogP contribution in [-0.4, -0.2) is 16.7 Å². The molecule has 108 valence electrons. The van der Waals surface area contributed by atoms with Gasteiger partial charge in [-0.15, -0.1) is 0 Å². The van der Waals surface area contributed by atoms with Gasteiger partial charge in [-0.1, -0.05) is 12.1 Å². The highest BCUT2D eigenvalue weighted by Gasteiger charge is 2.15. The molecular formula is C16H16FN3O. The van der Waals surface area contributed by atoms with E-state index in [1.54, 1.807) is 6.07 Å². The summed E-state index contributed by atoms with van der Waals surface area (Å²) in [5.41, 5.74) is 10.5. The summed E-state index contributed by atoms with van der Waals surface area (Å²) < 4.78 is 20.7. The topological polar surface area (TPSA) is 53.1 Å². The van der Waals surface area contributed by atoms with Gasteiger partial charge < -0.3 is 10.5 Å². The molecular weight excluding hydrogens is 269 g/mol. The van der Waals surface area contributed by atoms with Gasteiger partial charge in [0, 0.05) is 12.1 Å². The molecule has 0 fully saturated rings. The van der Waals surface area contributed by atoms with Crippen LogP contribution < -0.4 is 10.5 Å². The highest BCUT2D eigenvalue weighted by Crippen LogP contribution is 2.30. The molecule has 2 aromatic carbocycles. The molecule has 0 aliphatic carbocycles. The summed E-state index contributed by atoms with van der Waals surface area (Å²) in [6, 6.07) is 8.93. The van der Waals surface area contributed by atoms with Gasteiger partial charge in [-0.25, -0.2) is 9.37 Å². The third-order valence-corrected chi connectivity index (χ3v) is 3.77. The van der Waals surface area contributed by atoms with Crippen LogP contribution in [0.2, 0.25) is 0 Å². The van der Waals surface area contributed by atoms with E-state index in [-0.39, 0.29) is 5.75 Å². The summed E-state index contributed by atoms with van der Waals surface area (Å²) >= 11 is 0. The molecule has 0 radical (unpaired) electrons. The lowest BCUT2D eigenvalue weighted by molar-refractivity contribution is 0.387. The molecule has 0 bridgehead atoms. The van der Waals surface area contributed by atoms with Gasteiger partial charge in [0.25, 0.3) is 0 Å². The van der Waals surface area contributed by atoms with Crippen molar-refractivity contribution in [1.82, 2.24) is 9.55 Å². The lowest BCUT2D eigenvalue weighted by Crippen LogP contribution is -2.03. The molecule has 2 N–H and O–H groups in total. The minimum absolute atomic E-state index is 0.175. The average Bonchev–Trinajstić information content (AvgIpc) is 2.76. The molecule has 1 heterocycles. The SMILES string of the molecule is COc1cc2c(cc1F)nc(N)n2-c1cccc(C)c1C. The normalized spacial score (nSPS) is 11.0. The summed E-state index contributed by atoms with van der Waals surface area (Å²) in [5.74, 6) is 0.0518. The van der Waals surface area contributed by atoms with Gasteiger partial charge in [-0.2, -0.15) is 0 Å². The predicted octanol–water partition coefficient (Wildman–Crippen LogP) is 3.37. The fourth-order valence-corrected chi connectivity index (χ4v) is 2.49. The first-order valence-corrected chi connectivity index (χ1v) is 6.61. The molecule has 0 amide bonds. The van der Waals surface area contributed by atoms with Gasteiger partial charge in [0.1, 0.15) is 0 Å². The number of methoxy groups -OCH3 is 1. The van der Waals surface area contributed by atoms with Crippen molar-refractivity contribution in [1.29, 1.82) is 0 Å². The Morgan fingerprint density at radius 3 is 2.71 bits per heavy atom. The molecule has 0 atom stereocenters. The second-order valence-corrected chi connectivity index (χ2v) is 5.00. The van der Waals surface area contributed by atoms with Crippen molar-refractivity contribution in [3.63, 3.8) is 0 Å². The van der Waals surface area contributed by atoms with Crippen molar-refractivity contribution in [3.05, 3.63) is 47.3 Å². The van der Waals surface area contributed by atoms with E-state index in [0.29, 0.717) is 11.5 Å².